The van der Waals surface area contributed by atoms with Crippen LogP contribution in [0, 0.1) is 11.3 Å². The molecule has 0 bridgehead atoms. The Morgan fingerprint density at radius 3 is 2.32 bits per heavy atom. The SMILES string of the molecule is N#Cc1cc(C=O)ccc1Oc1ccc(OCc2ccccc2)cc1. The third kappa shape index (κ3) is 4.24. The molecule has 0 aliphatic carbocycles. The van der Waals surface area contributed by atoms with Crippen LogP contribution in [0.25, 0.3) is 0 Å². The smallest absolute Gasteiger partial charge is 0.150 e. The summed E-state index contributed by atoms with van der Waals surface area (Å²) in [4.78, 5) is 10.8. The third-order valence-electron chi connectivity index (χ3n) is 3.56. The Labute approximate surface area is 145 Å². The van der Waals surface area contributed by atoms with Crippen LogP contribution in [0.2, 0.25) is 0 Å². The minimum absolute atomic E-state index is 0.314. The highest BCUT2D eigenvalue weighted by Crippen LogP contribution is 2.27. The van der Waals surface area contributed by atoms with E-state index in [9.17, 15) is 10.1 Å². The van der Waals surface area contributed by atoms with Crippen LogP contribution in [-0.4, -0.2) is 6.29 Å². The van der Waals surface area contributed by atoms with E-state index in [1.807, 2.05) is 48.5 Å². The molecular formula is C21H15NO3. The van der Waals surface area contributed by atoms with E-state index in [1.165, 1.54) is 6.07 Å². The Bertz CT molecular complexity index is 897. The quantitative estimate of drug-likeness (QED) is 0.613. The van der Waals surface area contributed by atoms with Crippen LogP contribution in [-0.2, 0) is 6.61 Å². The summed E-state index contributed by atoms with van der Waals surface area (Å²) in [5.41, 5.74) is 1.85. The van der Waals surface area contributed by atoms with Crippen molar-refractivity contribution in [2.45, 2.75) is 6.61 Å². The number of benzene rings is 3. The van der Waals surface area contributed by atoms with Crippen molar-refractivity contribution in [3.8, 4) is 23.3 Å². The fourth-order valence-corrected chi connectivity index (χ4v) is 2.27. The molecule has 0 saturated heterocycles. The van der Waals surface area contributed by atoms with Crippen molar-refractivity contribution in [1.29, 1.82) is 5.26 Å². The van der Waals surface area contributed by atoms with Crippen LogP contribution in [0.3, 0.4) is 0 Å². The summed E-state index contributed by atoms with van der Waals surface area (Å²) in [6.45, 7) is 0.493. The van der Waals surface area contributed by atoms with E-state index >= 15 is 0 Å². The van der Waals surface area contributed by atoms with Crippen molar-refractivity contribution in [3.63, 3.8) is 0 Å². The molecule has 0 radical (unpaired) electrons. The molecule has 3 aromatic carbocycles. The summed E-state index contributed by atoms with van der Waals surface area (Å²) in [6.07, 6.45) is 0.698. The average molecular weight is 329 g/mol. The van der Waals surface area contributed by atoms with Crippen LogP contribution in [0.1, 0.15) is 21.5 Å². The fourth-order valence-electron chi connectivity index (χ4n) is 2.27. The zero-order chi connectivity index (χ0) is 17.5. The predicted octanol–water partition coefficient (Wildman–Crippen LogP) is 4.74. The van der Waals surface area contributed by atoms with Crippen LogP contribution < -0.4 is 9.47 Å². The number of hydrogen-bond donors (Lipinski definition) is 0. The van der Waals surface area contributed by atoms with E-state index in [1.54, 1.807) is 24.3 Å². The molecule has 0 amide bonds. The van der Waals surface area contributed by atoms with Gasteiger partial charge in [-0.3, -0.25) is 4.79 Å². The van der Waals surface area contributed by atoms with Gasteiger partial charge in [-0.1, -0.05) is 30.3 Å². The molecule has 0 unspecified atom stereocenters. The lowest BCUT2D eigenvalue weighted by molar-refractivity contribution is 0.112. The average Bonchev–Trinajstić information content (AvgIpc) is 2.68. The van der Waals surface area contributed by atoms with E-state index < -0.39 is 0 Å². The van der Waals surface area contributed by atoms with Crippen molar-refractivity contribution in [2.75, 3.05) is 0 Å². The van der Waals surface area contributed by atoms with Gasteiger partial charge in [-0.25, -0.2) is 0 Å². The van der Waals surface area contributed by atoms with Gasteiger partial charge in [-0.2, -0.15) is 5.26 Å². The van der Waals surface area contributed by atoms with E-state index in [2.05, 4.69) is 0 Å². The van der Waals surface area contributed by atoms with Gasteiger partial charge in [-0.15, -0.1) is 0 Å². The van der Waals surface area contributed by atoms with Crippen molar-refractivity contribution in [1.82, 2.24) is 0 Å². The highest BCUT2D eigenvalue weighted by molar-refractivity contribution is 5.76. The number of aldehydes is 1. The molecule has 0 fully saturated rings. The summed E-state index contributed by atoms with van der Waals surface area (Å²) in [5.74, 6) is 1.72. The second-order valence-electron chi connectivity index (χ2n) is 5.33. The second-order valence-corrected chi connectivity index (χ2v) is 5.33. The van der Waals surface area contributed by atoms with Gasteiger partial charge in [0.25, 0.3) is 0 Å². The Morgan fingerprint density at radius 2 is 1.64 bits per heavy atom. The molecule has 25 heavy (non-hydrogen) atoms. The molecule has 4 heteroatoms. The first-order valence-electron chi connectivity index (χ1n) is 7.72. The molecule has 0 N–H and O–H groups in total. The molecule has 3 aromatic rings. The first kappa shape index (κ1) is 16.3. The van der Waals surface area contributed by atoms with Gasteiger partial charge < -0.3 is 9.47 Å². The van der Waals surface area contributed by atoms with Gasteiger partial charge in [0.15, 0.2) is 0 Å². The number of nitrogens with zero attached hydrogens (tertiary/aromatic N) is 1. The maximum absolute atomic E-state index is 10.8. The third-order valence-corrected chi connectivity index (χ3v) is 3.56. The van der Waals surface area contributed by atoms with Gasteiger partial charge >= 0.3 is 0 Å². The molecule has 4 nitrogen and oxygen atoms in total. The number of carbonyl (C=O) groups excluding carboxylic acids is 1. The molecule has 0 aromatic heterocycles. The van der Waals surface area contributed by atoms with E-state index in [0.29, 0.717) is 35.5 Å². The second kappa shape index (κ2) is 7.80. The summed E-state index contributed by atoms with van der Waals surface area (Å²) < 4.78 is 11.4. The van der Waals surface area contributed by atoms with Crippen LogP contribution in [0.15, 0.2) is 72.8 Å². The van der Waals surface area contributed by atoms with Crippen LogP contribution >= 0.6 is 0 Å². The highest BCUT2D eigenvalue weighted by Gasteiger charge is 2.06. The minimum atomic E-state index is 0.314. The Kier molecular flexibility index (Phi) is 5.08. The highest BCUT2D eigenvalue weighted by atomic mass is 16.5. The molecule has 0 spiro atoms. The number of hydrogen-bond acceptors (Lipinski definition) is 4. The standard InChI is InChI=1S/C21H15NO3/c22-13-18-12-17(14-23)6-11-21(18)25-20-9-7-19(8-10-20)24-15-16-4-2-1-3-5-16/h1-12,14H,15H2. The van der Waals surface area contributed by atoms with Gasteiger partial charge in [0.05, 0.1) is 5.56 Å². The molecule has 0 aliphatic heterocycles. The van der Waals surface area contributed by atoms with E-state index in [0.717, 1.165) is 11.3 Å². The van der Waals surface area contributed by atoms with Crippen LogP contribution in [0.4, 0.5) is 0 Å². The zero-order valence-electron chi connectivity index (χ0n) is 13.4. The fraction of sp³-hybridized carbons (Fsp3) is 0.0476. The van der Waals surface area contributed by atoms with Gasteiger partial charge in [0.2, 0.25) is 0 Å². The molecule has 122 valence electrons. The summed E-state index contributed by atoms with van der Waals surface area (Å²) in [6, 6.07) is 23.8. The maximum Gasteiger partial charge on any atom is 0.150 e. The topological polar surface area (TPSA) is 59.3 Å². The van der Waals surface area contributed by atoms with Gasteiger partial charge in [-0.05, 0) is 48.0 Å². The van der Waals surface area contributed by atoms with Crippen molar-refractivity contribution in [3.05, 3.63) is 89.5 Å². The first-order chi connectivity index (χ1) is 12.3. The monoisotopic (exact) mass is 329 g/mol. The number of rotatable bonds is 6. The molecular weight excluding hydrogens is 314 g/mol. The lowest BCUT2D eigenvalue weighted by atomic mass is 10.1. The van der Waals surface area contributed by atoms with E-state index in [4.69, 9.17) is 9.47 Å². The first-order valence-corrected chi connectivity index (χ1v) is 7.72. The molecule has 0 heterocycles. The van der Waals surface area contributed by atoms with Gasteiger partial charge in [0.1, 0.15) is 36.2 Å². The number of carbonyl (C=O) groups is 1. The minimum Gasteiger partial charge on any atom is -0.489 e. The largest absolute Gasteiger partial charge is 0.489 e. The molecule has 0 saturated carbocycles. The summed E-state index contributed by atoms with van der Waals surface area (Å²) in [5, 5.41) is 9.17. The predicted molar refractivity (Wildman–Crippen MR) is 93.8 cm³/mol. The van der Waals surface area contributed by atoms with Crippen molar-refractivity contribution in [2.24, 2.45) is 0 Å². The molecule has 0 atom stereocenters. The number of ether oxygens (including phenoxy) is 2. The van der Waals surface area contributed by atoms with Gasteiger partial charge in [0, 0.05) is 5.56 Å². The molecule has 0 aliphatic rings. The summed E-state index contributed by atoms with van der Waals surface area (Å²) in [7, 11) is 0. The van der Waals surface area contributed by atoms with Crippen molar-refractivity contribution >= 4 is 6.29 Å². The number of nitriles is 1. The lowest BCUT2D eigenvalue weighted by Crippen LogP contribution is -1.95. The lowest BCUT2D eigenvalue weighted by Gasteiger charge is -2.10. The molecule has 3 rings (SSSR count). The Balaban J connectivity index is 1.67. The summed E-state index contributed by atoms with van der Waals surface area (Å²) >= 11 is 0. The Morgan fingerprint density at radius 1 is 0.920 bits per heavy atom. The zero-order valence-corrected chi connectivity index (χ0v) is 13.4. The van der Waals surface area contributed by atoms with Crippen LogP contribution in [0.5, 0.6) is 17.2 Å². The Hall–Kier alpha value is -3.58. The van der Waals surface area contributed by atoms with Crippen molar-refractivity contribution < 1.29 is 14.3 Å². The normalized spacial score (nSPS) is 9.88. The maximum atomic E-state index is 10.8. The van der Waals surface area contributed by atoms with E-state index in [-0.39, 0.29) is 0 Å².